The molecule has 3 rings (SSSR count). The van der Waals surface area contributed by atoms with Crippen molar-refractivity contribution in [2.45, 2.75) is 45.1 Å². The van der Waals surface area contributed by atoms with Gasteiger partial charge in [0.2, 0.25) is 0 Å². The third-order valence-electron chi connectivity index (χ3n) is 4.90. The first kappa shape index (κ1) is 10.5. The molecule has 2 fully saturated rings. The lowest BCUT2D eigenvalue weighted by Gasteiger charge is -2.46. The van der Waals surface area contributed by atoms with Gasteiger partial charge in [-0.05, 0) is 48.7 Å². The molecule has 2 nitrogen and oxygen atoms in total. The number of hydrogen-bond donors (Lipinski definition) is 1. The van der Waals surface area contributed by atoms with Crippen LogP contribution >= 0.6 is 0 Å². The van der Waals surface area contributed by atoms with E-state index >= 15 is 0 Å². The molecule has 0 radical (unpaired) electrons. The predicted molar refractivity (Wildman–Crippen MR) is 61.8 cm³/mol. The van der Waals surface area contributed by atoms with Crippen molar-refractivity contribution in [3.05, 3.63) is 11.6 Å². The first-order chi connectivity index (χ1) is 7.74. The highest BCUT2D eigenvalue weighted by Gasteiger charge is 2.59. The standard InChI is InChI=1S/C14H20O2/c1-2-4-11(15)10-7-12(16)14-9-6-3-5-8(9)13(10)14/h7-9,11,13-15H,2-6H2,1H3/t8-,9+,11?,13-,14+/m0/s1. The van der Waals surface area contributed by atoms with Crippen LogP contribution < -0.4 is 0 Å². The summed E-state index contributed by atoms with van der Waals surface area (Å²) in [6.45, 7) is 2.08. The fourth-order valence-electron chi connectivity index (χ4n) is 4.25. The lowest BCUT2D eigenvalue weighted by molar-refractivity contribution is -0.127. The lowest BCUT2D eigenvalue weighted by Crippen LogP contribution is -2.46. The maximum atomic E-state index is 11.9. The van der Waals surface area contributed by atoms with E-state index in [0.29, 0.717) is 23.5 Å². The first-order valence-electron chi connectivity index (χ1n) is 6.67. The summed E-state index contributed by atoms with van der Waals surface area (Å²) in [5, 5.41) is 10.1. The SMILES string of the molecule is CCCC(O)C1=CC(=O)[C@H]2[C@@H]3CCC[C@@H]3[C@@H]12. The molecule has 3 aliphatic carbocycles. The predicted octanol–water partition coefficient (Wildman–Crippen LogP) is 2.32. The van der Waals surface area contributed by atoms with Crippen molar-refractivity contribution < 1.29 is 9.90 Å². The first-order valence-corrected chi connectivity index (χ1v) is 6.67. The second kappa shape index (κ2) is 3.69. The Balaban J connectivity index is 1.80. The van der Waals surface area contributed by atoms with E-state index in [-0.39, 0.29) is 12.0 Å². The minimum absolute atomic E-state index is 0.258. The average Bonchev–Trinajstić information content (AvgIpc) is 2.72. The van der Waals surface area contributed by atoms with Crippen molar-refractivity contribution in [2.24, 2.45) is 23.7 Å². The molecule has 0 bridgehead atoms. The highest BCUT2D eigenvalue weighted by atomic mass is 16.3. The van der Waals surface area contributed by atoms with E-state index < -0.39 is 0 Å². The normalized spacial score (nSPS) is 42.4. The van der Waals surface area contributed by atoms with Gasteiger partial charge in [-0.25, -0.2) is 0 Å². The van der Waals surface area contributed by atoms with Gasteiger partial charge in [0.15, 0.2) is 5.78 Å². The zero-order chi connectivity index (χ0) is 11.3. The van der Waals surface area contributed by atoms with Gasteiger partial charge in [0.05, 0.1) is 6.10 Å². The Morgan fingerprint density at radius 3 is 2.75 bits per heavy atom. The van der Waals surface area contributed by atoms with Crippen molar-refractivity contribution in [1.82, 2.24) is 0 Å². The van der Waals surface area contributed by atoms with Crippen molar-refractivity contribution in [3.8, 4) is 0 Å². The molecule has 0 heterocycles. The molecule has 1 N–H and O–H groups in total. The van der Waals surface area contributed by atoms with Crippen LogP contribution in [0.1, 0.15) is 39.0 Å². The van der Waals surface area contributed by atoms with Crippen LogP contribution in [0.2, 0.25) is 0 Å². The van der Waals surface area contributed by atoms with Crippen LogP contribution in [0.3, 0.4) is 0 Å². The van der Waals surface area contributed by atoms with Gasteiger partial charge in [-0.1, -0.05) is 19.8 Å². The molecule has 0 aromatic rings. The molecule has 0 aliphatic heterocycles. The van der Waals surface area contributed by atoms with Crippen LogP contribution in [0.4, 0.5) is 0 Å². The minimum Gasteiger partial charge on any atom is -0.389 e. The van der Waals surface area contributed by atoms with Crippen molar-refractivity contribution in [2.75, 3.05) is 0 Å². The zero-order valence-electron chi connectivity index (χ0n) is 9.86. The number of allylic oxidation sites excluding steroid dienone is 1. The molecule has 2 saturated carbocycles. The highest BCUT2D eigenvalue weighted by molar-refractivity contribution is 5.97. The fraction of sp³-hybridized carbons (Fsp3) is 0.786. The molecule has 3 aliphatic rings. The van der Waals surface area contributed by atoms with E-state index in [1.807, 2.05) is 0 Å². The lowest BCUT2D eigenvalue weighted by atomic mass is 9.57. The summed E-state index contributed by atoms with van der Waals surface area (Å²) >= 11 is 0. The Hall–Kier alpha value is -0.630. The molecule has 1 unspecified atom stereocenters. The topological polar surface area (TPSA) is 37.3 Å². The highest BCUT2D eigenvalue weighted by Crippen LogP contribution is 2.61. The van der Waals surface area contributed by atoms with Gasteiger partial charge in [0.1, 0.15) is 0 Å². The van der Waals surface area contributed by atoms with Crippen molar-refractivity contribution in [3.63, 3.8) is 0 Å². The molecule has 2 heteroatoms. The van der Waals surface area contributed by atoms with Crippen LogP contribution in [0.25, 0.3) is 0 Å². The third-order valence-corrected chi connectivity index (χ3v) is 4.90. The number of hydrogen-bond acceptors (Lipinski definition) is 2. The molecule has 0 aromatic carbocycles. The van der Waals surface area contributed by atoms with E-state index in [2.05, 4.69) is 6.92 Å². The van der Waals surface area contributed by atoms with Gasteiger partial charge in [0, 0.05) is 5.92 Å². The Morgan fingerprint density at radius 2 is 2.06 bits per heavy atom. The number of fused-ring (bicyclic) bond motifs is 4. The fourth-order valence-corrected chi connectivity index (χ4v) is 4.25. The van der Waals surface area contributed by atoms with Crippen LogP contribution in [-0.2, 0) is 4.79 Å². The molecular weight excluding hydrogens is 200 g/mol. The number of carbonyl (C=O) groups is 1. The monoisotopic (exact) mass is 220 g/mol. The summed E-state index contributed by atoms with van der Waals surface area (Å²) in [6.07, 6.45) is 7.00. The molecule has 0 aromatic heterocycles. The van der Waals surface area contributed by atoms with Gasteiger partial charge >= 0.3 is 0 Å². The molecule has 0 saturated heterocycles. The number of aliphatic hydroxyl groups is 1. The van der Waals surface area contributed by atoms with Crippen molar-refractivity contribution >= 4 is 5.78 Å². The quantitative estimate of drug-likeness (QED) is 0.792. The zero-order valence-corrected chi connectivity index (χ0v) is 9.86. The molecule has 0 spiro atoms. The molecular formula is C14H20O2. The van der Waals surface area contributed by atoms with Gasteiger partial charge in [0.25, 0.3) is 0 Å². The van der Waals surface area contributed by atoms with Gasteiger partial charge in [-0.2, -0.15) is 0 Å². The summed E-state index contributed by atoms with van der Waals surface area (Å²) in [4.78, 5) is 11.9. The molecule has 88 valence electrons. The number of rotatable bonds is 3. The van der Waals surface area contributed by atoms with Gasteiger partial charge in [-0.15, -0.1) is 0 Å². The smallest absolute Gasteiger partial charge is 0.159 e. The number of carbonyl (C=O) groups excluding carboxylic acids is 1. The Morgan fingerprint density at radius 1 is 1.38 bits per heavy atom. The summed E-state index contributed by atoms with van der Waals surface area (Å²) < 4.78 is 0. The third kappa shape index (κ3) is 1.26. The molecule has 16 heavy (non-hydrogen) atoms. The second-order valence-electron chi connectivity index (χ2n) is 5.66. The van der Waals surface area contributed by atoms with E-state index in [1.165, 1.54) is 19.3 Å². The van der Waals surface area contributed by atoms with Crippen LogP contribution in [0.5, 0.6) is 0 Å². The molecule has 5 atom stereocenters. The van der Waals surface area contributed by atoms with E-state index in [1.54, 1.807) is 6.08 Å². The summed E-state index contributed by atoms with van der Waals surface area (Å²) in [7, 11) is 0. The van der Waals surface area contributed by atoms with Gasteiger partial charge in [-0.3, -0.25) is 4.79 Å². The van der Waals surface area contributed by atoms with E-state index in [0.717, 1.165) is 18.4 Å². The second-order valence-corrected chi connectivity index (χ2v) is 5.66. The minimum atomic E-state index is -0.356. The van der Waals surface area contributed by atoms with Gasteiger partial charge < -0.3 is 5.11 Å². The Kier molecular flexibility index (Phi) is 2.43. The summed E-state index contributed by atoms with van der Waals surface area (Å²) in [6, 6.07) is 0. The summed E-state index contributed by atoms with van der Waals surface area (Å²) in [5.41, 5.74) is 1.07. The summed E-state index contributed by atoms with van der Waals surface area (Å²) in [5.74, 6) is 2.35. The Labute approximate surface area is 96.7 Å². The van der Waals surface area contributed by atoms with E-state index in [9.17, 15) is 9.90 Å². The van der Waals surface area contributed by atoms with Crippen molar-refractivity contribution in [1.29, 1.82) is 0 Å². The van der Waals surface area contributed by atoms with Crippen LogP contribution in [0.15, 0.2) is 11.6 Å². The van der Waals surface area contributed by atoms with E-state index in [4.69, 9.17) is 0 Å². The Bertz CT molecular complexity index is 345. The maximum Gasteiger partial charge on any atom is 0.159 e. The average molecular weight is 220 g/mol. The number of ketones is 1. The van der Waals surface area contributed by atoms with Crippen LogP contribution in [-0.4, -0.2) is 17.0 Å². The van der Waals surface area contributed by atoms with Crippen LogP contribution in [0, 0.1) is 23.7 Å². The largest absolute Gasteiger partial charge is 0.389 e. The maximum absolute atomic E-state index is 11.9. The molecule has 0 amide bonds. The number of aliphatic hydroxyl groups excluding tert-OH is 1.